The van der Waals surface area contributed by atoms with E-state index in [1.807, 2.05) is 0 Å². The third-order valence-corrected chi connectivity index (χ3v) is 3.54. The maximum atomic E-state index is 11.7. The molecule has 0 aliphatic heterocycles. The van der Waals surface area contributed by atoms with Gasteiger partial charge in [-0.1, -0.05) is 12.8 Å². The van der Waals surface area contributed by atoms with E-state index in [1.165, 1.54) is 11.0 Å². The van der Waals surface area contributed by atoms with Crippen molar-refractivity contribution in [3.8, 4) is 0 Å². The van der Waals surface area contributed by atoms with Crippen LogP contribution in [0.2, 0.25) is 0 Å². The van der Waals surface area contributed by atoms with Gasteiger partial charge in [-0.25, -0.2) is 4.98 Å². The largest absolute Gasteiger partial charge is 0.361 e. The molecule has 88 valence electrons. The first-order valence-corrected chi connectivity index (χ1v) is 6.04. The number of nitrogens with zero attached hydrogens (tertiary/aromatic N) is 2. The van der Waals surface area contributed by atoms with E-state index in [-0.39, 0.29) is 17.0 Å². The lowest BCUT2D eigenvalue weighted by atomic mass is 9.95. The zero-order valence-corrected chi connectivity index (χ0v) is 10.1. The van der Waals surface area contributed by atoms with Gasteiger partial charge in [0, 0.05) is 25.5 Å². The molecule has 16 heavy (non-hydrogen) atoms. The van der Waals surface area contributed by atoms with Gasteiger partial charge in [0.25, 0.3) is 5.56 Å². The van der Waals surface area contributed by atoms with E-state index >= 15 is 0 Å². The summed E-state index contributed by atoms with van der Waals surface area (Å²) in [7, 11) is 1.72. The molecule has 2 rings (SSSR count). The maximum Gasteiger partial charge on any atom is 0.293 e. The number of alkyl halides is 1. The summed E-state index contributed by atoms with van der Waals surface area (Å²) < 4.78 is 1.52. The van der Waals surface area contributed by atoms with Crippen LogP contribution in [0.15, 0.2) is 17.2 Å². The summed E-state index contributed by atoms with van der Waals surface area (Å²) in [4.78, 5) is 15.8. The second kappa shape index (κ2) is 4.87. The molecule has 5 heteroatoms. The first kappa shape index (κ1) is 11.5. The molecule has 4 nitrogen and oxygen atoms in total. The quantitative estimate of drug-likeness (QED) is 0.803. The van der Waals surface area contributed by atoms with Crippen LogP contribution in [0.3, 0.4) is 0 Å². The Labute approximate surface area is 99.6 Å². The number of nitrogens with one attached hydrogen (secondary N) is 1. The van der Waals surface area contributed by atoms with Crippen LogP contribution in [0, 0.1) is 0 Å². The molecule has 1 N–H and O–H groups in total. The van der Waals surface area contributed by atoms with Crippen molar-refractivity contribution in [1.29, 1.82) is 0 Å². The molecular weight excluding hydrogens is 226 g/mol. The van der Waals surface area contributed by atoms with Crippen LogP contribution in [-0.2, 0) is 7.05 Å². The molecule has 1 fully saturated rings. The monoisotopic (exact) mass is 241 g/mol. The molecule has 1 aromatic heterocycles. The minimum Gasteiger partial charge on any atom is -0.361 e. The fourth-order valence-electron chi connectivity index (χ4n) is 2.02. The van der Waals surface area contributed by atoms with E-state index in [2.05, 4.69) is 10.3 Å². The molecule has 0 saturated heterocycles. The van der Waals surface area contributed by atoms with Crippen molar-refractivity contribution in [2.75, 3.05) is 5.32 Å². The SMILES string of the molecule is Cn1ccnc(NC2CCCCC2Cl)c1=O. The van der Waals surface area contributed by atoms with Crippen LogP contribution in [0.25, 0.3) is 0 Å². The third-order valence-electron chi connectivity index (χ3n) is 3.02. The normalized spacial score (nSPS) is 25.4. The molecule has 2 unspecified atom stereocenters. The van der Waals surface area contributed by atoms with Gasteiger partial charge >= 0.3 is 0 Å². The number of hydrogen-bond donors (Lipinski definition) is 1. The second-order valence-corrected chi connectivity index (χ2v) is 4.80. The average Bonchev–Trinajstić information content (AvgIpc) is 2.28. The van der Waals surface area contributed by atoms with Crippen LogP contribution >= 0.6 is 11.6 Å². The molecule has 2 atom stereocenters. The minimum absolute atomic E-state index is 0.0977. The number of anilines is 1. The Bertz CT molecular complexity index is 418. The Morgan fingerprint density at radius 3 is 3.00 bits per heavy atom. The summed E-state index contributed by atoms with van der Waals surface area (Å²) in [5.74, 6) is 0.405. The predicted molar refractivity (Wildman–Crippen MR) is 65.0 cm³/mol. The Morgan fingerprint density at radius 2 is 2.25 bits per heavy atom. The molecule has 1 heterocycles. The van der Waals surface area contributed by atoms with Crippen LogP contribution in [0.4, 0.5) is 5.82 Å². The van der Waals surface area contributed by atoms with E-state index in [1.54, 1.807) is 19.4 Å². The summed E-state index contributed by atoms with van der Waals surface area (Å²) in [6.45, 7) is 0. The van der Waals surface area contributed by atoms with E-state index in [9.17, 15) is 4.79 Å². The van der Waals surface area contributed by atoms with Crippen molar-refractivity contribution in [2.24, 2.45) is 7.05 Å². The summed E-state index contributed by atoms with van der Waals surface area (Å²) >= 11 is 6.23. The van der Waals surface area contributed by atoms with Gasteiger partial charge in [0.2, 0.25) is 0 Å². The van der Waals surface area contributed by atoms with Gasteiger partial charge in [0.1, 0.15) is 0 Å². The molecule has 0 spiro atoms. The van der Waals surface area contributed by atoms with Gasteiger partial charge in [-0.3, -0.25) is 4.79 Å². The van der Waals surface area contributed by atoms with Crippen LogP contribution in [0.1, 0.15) is 25.7 Å². The highest BCUT2D eigenvalue weighted by Crippen LogP contribution is 2.24. The summed E-state index contributed by atoms with van der Waals surface area (Å²) in [6.07, 6.45) is 7.61. The number of hydrogen-bond acceptors (Lipinski definition) is 3. The zero-order valence-electron chi connectivity index (χ0n) is 9.32. The van der Waals surface area contributed by atoms with Gasteiger partial charge in [-0.15, -0.1) is 11.6 Å². The van der Waals surface area contributed by atoms with Gasteiger partial charge < -0.3 is 9.88 Å². The Hall–Kier alpha value is -1.03. The maximum absolute atomic E-state index is 11.7. The summed E-state index contributed by atoms with van der Waals surface area (Å²) in [6, 6.07) is 0.165. The summed E-state index contributed by atoms with van der Waals surface area (Å²) in [5.41, 5.74) is -0.100. The molecule has 0 radical (unpaired) electrons. The molecule has 1 aromatic rings. The van der Waals surface area contributed by atoms with Crippen molar-refractivity contribution < 1.29 is 0 Å². The lowest BCUT2D eigenvalue weighted by Crippen LogP contribution is -2.36. The minimum atomic E-state index is -0.100. The highest BCUT2D eigenvalue weighted by atomic mass is 35.5. The van der Waals surface area contributed by atoms with Crippen LogP contribution in [-0.4, -0.2) is 21.0 Å². The fraction of sp³-hybridized carbons (Fsp3) is 0.636. The van der Waals surface area contributed by atoms with Gasteiger partial charge in [0.15, 0.2) is 5.82 Å². The first-order valence-electron chi connectivity index (χ1n) is 5.61. The van der Waals surface area contributed by atoms with Crippen LogP contribution in [0.5, 0.6) is 0 Å². The van der Waals surface area contributed by atoms with E-state index in [0.29, 0.717) is 5.82 Å². The van der Waals surface area contributed by atoms with Gasteiger partial charge in [-0.2, -0.15) is 0 Å². The molecule has 0 aromatic carbocycles. The first-order chi connectivity index (χ1) is 7.68. The Morgan fingerprint density at radius 1 is 1.50 bits per heavy atom. The average molecular weight is 242 g/mol. The van der Waals surface area contributed by atoms with Crippen LogP contribution < -0.4 is 10.9 Å². The van der Waals surface area contributed by atoms with Gasteiger partial charge in [-0.05, 0) is 12.8 Å². The summed E-state index contributed by atoms with van der Waals surface area (Å²) in [5, 5.41) is 3.26. The van der Waals surface area contributed by atoms with Crippen molar-refractivity contribution >= 4 is 17.4 Å². The smallest absolute Gasteiger partial charge is 0.293 e. The molecule has 0 bridgehead atoms. The second-order valence-electron chi connectivity index (χ2n) is 4.24. The zero-order chi connectivity index (χ0) is 11.5. The molecule has 1 saturated carbocycles. The molecule has 1 aliphatic rings. The van der Waals surface area contributed by atoms with E-state index in [0.717, 1.165) is 19.3 Å². The lowest BCUT2D eigenvalue weighted by Gasteiger charge is -2.27. The fourth-order valence-corrected chi connectivity index (χ4v) is 2.36. The van der Waals surface area contributed by atoms with Crippen molar-refractivity contribution in [1.82, 2.24) is 9.55 Å². The van der Waals surface area contributed by atoms with Crippen molar-refractivity contribution in [3.63, 3.8) is 0 Å². The molecule has 0 amide bonds. The van der Waals surface area contributed by atoms with Crippen molar-refractivity contribution in [3.05, 3.63) is 22.7 Å². The Kier molecular flexibility index (Phi) is 3.49. The number of halogens is 1. The van der Waals surface area contributed by atoms with Crippen molar-refractivity contribution in [2.45, 2.75) is 37.1 Å². The lowest BCUT2D eigenvalue weighted by molar-refractivity contribution is 0.468. The topological polar surface area (TPSA) is 46.9 Å². The number of aryl methyl sites for hydroxylation is 1. The van der Waals surface area contributed by atoms with E-state index < -0.39 is 0 Å². The molecule has 1 aliphatic carbocycles. The third kappa shape index (κ3) is 2.38. The standard InChI is InChI=1S/C11H16ClN3O/c1-15-7-6-13-10(11(15)16)14-9-5-3-2-4-8(9)12/h6-9H,2-5H2,1H3,(H,13,14). The highest BCUT2D eigenvalue weighted by molar-refractivity contribution is 6.21. The number of aromatic nitrogens is 2. The number of rotatable bonds is 2. The Balaban J connectivity index is 2.14. The highest BCUT2D eigenvalue weighted by Gasteiger charge is 2.23. The molecular formula is C11H16ClN3O. The predicted octanol–water partition coefficient (Wildman–Crippen LogP) is 1.74. The van der Waals surface area contributed by atoms with E-state index in [4.69, 9.17) is 11.6 Å². The van der Waals surface area contributed by atoms with Gasteiger partial charge in [0.05, 0.1) is 5.38 Å².